The van der Waals surface area contributed by atoms with Gasteiger partial charge in [-0.05, 0) is 36.9 Å². The van der Waals surface area contributed by atoms with E-state index in [1.54, 1.807) is 0 Å². The molecule has 1 aliphatic rings. The first kappa shape index (κ1) is 17.6. The number of benzene rings is 1. The Hall–Kier alpha value is -2.18. The second kappa shape index (κ2) is 7.80. The van der Waals surface area contributed by atoms with Crippen molar-refractivity contribution in [1.82, 2.24) is 4.90 Å². The SMILES string of the molecule is CCN(CC(=O)Nc1sc2c(c1C(N)=O)CCC2)Cc1ccccc1. The molecule has 1 heterocycles. The van der Waals surface area contributed by atoms with Gasteiger partial charge in [-0.15, -0.1) is 11.3 Å². The van der Waals surface area contributed by atoms with E-state index in [9.17, 15) is 9.59 Å². The number of hydrogen-bond acceptors (Lipinski definition) is 4. The van der Waals surface area contributed by atoms with Crippen LogP contribution in [0.15, 0.2) is 30.3 Å². The quantitative estimate of drug-likeness (QED) is 0.800. The Bertz CT molecular complexity index is 770. The van der Waals surface area contributed by atoms with Gasteiger partial charge in [0.2, 0.25) is 5.91 Å². The van der Waals surface area contributed by atoms with Crippen molar-refractivity contribution in [3.8, 4) is 0 Å². The molecule has 5 nitrogen and oxygen atoms in total. The Kier molecular flexibility index (Phi) is 5.50. The highest BCUT2D eigenvalue weighted by molar-refractivity contribution is 7.17. The number of fused-ring (bicyclic) bond motifs is 1. The molecule has 2 amide bonds. The topological polar surface area (TPSA) is 75.4 Å². The van der Waals surface area contributed by atoms with E-state index >= 15 is 0 Å². The van der Waals surface area contributed by atoms with Crippen LogP contribution in [0.5, 0.6) is 0 Å². The van der Waals surface area contributed by atoms with Crippen molar-refractivity contribution in [2.45, 2.75) is 32.7 Å². The Balaban J connectivity index is 1.67. The van der Waals surface area contributed by atoms with E-state index in [1.165, 1.54) is 21.8 Å². The third kappa shape index (κ3) is 4.08. The number of thiophene rings is 1. The maximum atomic E-state index is 12.5. The van der Waals surface area contributed by atoms with Gasteiger partial charge in [0.25, 0.3) is 5.91 Å². The van der Waals surface area contributed by atoms with Crippen molar-refractivity contribution >= 4 is 28.2 Å². The molecule has 2 aromatic rings. The number of aryl methyl sites for hydroxylation is 1. The second-order valence-electron chi connectivity index (χ2n) is 6.26. The van der Waals surface area contributed by atoms with Crippen molar-refractivity contribution in [2.24, 2.45) is 5.73 Å². The molecule has 0 spiro atoms. The minimum absolute atomic E-state index is 0.111. The monoisotopic (exact) mass is 357 g/mol. The van der Waals surface area contributed by atoms with Crippen LogP contribution in [0.2, 0.25) is 0 Å². The lowest BCUT2D eigenvalue weighted by Gasteiger charge is -2.19. The molecular weight excluding hydrogens is 334 g/mol. The van der Waals surface area contributed by atoms with Crippen LogP contribution in [0.4, 0.5) is 5.00 Å². The van der Waals surface area contributed by atoms with Crippen molar-refractivity contribution in [3.63, 3.8) is 0 Å². The summed E-state index contributed by atoms with van der Waals surface area (Å²) in [6.45, 7) is 3.80. The van der Waals surface area contributed by atoms with Crippen LogP contribution in [-0.2, 0) is 24.2 Å². The number of anilines is 1. The minimum atomic E-state index is -0.452. The highest BCUT2D eigenvalue weighted by Crippen LogP contribution is 2.38. The van der Waals surface area contributed by atoms with Gasteiger partial charge in [0.15, 0.2) is 0 Å². The van der Waals surface area contributed by atoms with Crippen molar-refractivity contribution in [2.75, 3.05) is 18.4 Å². The average molecular weight is 357 g/mol. The molecule has 132 valence electrons. The zero-order chi connectivity index (χ0) is 17.8. The van der Waals surface area contributed by atoms with Gasteiger partial charge in [0.05, 0.1) is 12.1 Å². The van der Waals surface area contributed by atoms with Crippen molar-refractivity contribution in [1.29, 1.82) is 0 Å². The number of nitrogens with two attached hydrogens (primary N) is 1. The highest BCUT2D eigenvalue weighted by Gasteiger charge is 2.26. The Labute approximate surface area is 151 Å². The average Bonchev–Trinajstić information content (AvgIpc) is 3.15. The van der Waals surface area contributed by atoms with Crippen molar-refractivity contribution in [3.05, 3.63) is 51.9 Å². The molecule has 0 fully saturated rings. The Morgan fingerprint density at radius 2 is 2.00 bits per heavy atom. The standard InChI is InChI=1S/C19H23N3O2S/c1-2-22(11-13-7-4-3-5-8-13)12-16(23)21-19-17(18(20)24)14-9-6-10-15(14)25-19/h3-5,7-8H,2,6,9-12H2,1H3,(H2,20,24)(H,21,23). The van der Waals surface area contributed by atoms with Gasteiger partial charge in [-0.2, -0.15) is 0 Å². The normalized spacial score (nSPS) is 13.0. The molecule has 3 rings (SSSR count). The predicted octanol–water partition coefficient (Wildman–Crippen LogP) is 2.80. The summed E-state index contributed by atoms with van der Waals surface area (Å²) in [5.41, 5.74) is 8.26. The fourth-order valence-electron chi connectivity index (χ4n) is 3.24. The molecule has 0 saturated carbocycles. The number of carbonyl (C=O) groups is 2. The summed E-state index contributed by atoms with van der Waals surface area (Å²) in [5, 5.41) is 3.52. The first-order chi connectivity index (χ1) is 12.1. The first-order valence-electron chi connectivity index (χ1n) is 8.59. The van der Waals surface area contributed by atoms with Gasteiger partial charge in [-0.25, -0.2) is 0 Å². The van der Waals surface area contributed by atoms with E-state index in [0.29, 0.717) is 17.1 Å². The summed E-state index contributed by atoms with van der Waals surface area (Å²) >= 11 is 1.49. The Morgan fingerprint density at radius 3 is 2.68 bits per heavy atom. The maximum absolute atomic E-state index is 12.5. The molecule has 6 heteroatoms. The van der Waals surface area contributed by atoms with Crippen LogP contribution in [0.1, 0.15) is 39.7 Å². The molecule has 0 saturated heterocycles. The Morgan fingerprint density at radius 1 is 1.24 bits per heavy atom. The second-order valence-corrected chi connectivity index (χ2v) is 7.37. The van der Waals surface area contributed by atoms with Crippen LogP contribution < -0.4 is 11.1 Å². The lowest BCUT2D eigenvalue weighted by Crippen LogP contribution is -2.33. The van der Waals surface area contributed by atoms with Crippen LogP contribution >= 0.6 is 11.3 Å². The van der Waals surface area contributed by atoms with Gasteiger partial charge in [0.1, 0.15) is 5.00 Å². The lowest BCUT2D eigenvalue weighted by molar-refractivity contribution is -0.117. The number of nitrogens with zero attached hydrogens (tertiary/aromatic N) is 1. The zero-order valence-electron chi connectivity index (χ0n) is 14.4. The molecule has 1 aromatic carbocycles. The molecule has 25 heavy (non-hydrogen) atoms. The molecule has 3 N–H and O–H groups in total. The van der Waals surface area contributed by atoms with Crippen LogP contribution in [0.3, 0.4) is 0 Å². The molecular formula is C19H23N3O2S. The number of hydrogen-bond donors (Lipinski definition) is 2. The summed E-state index contributed by atoms with van der Waals surface area (Å²) in [5.74, 6) is -0.563. The number of rotatable bonds is 7. The predicted molar refractivity (Wildman–Crippen MR) is 101 cm³/mol. The lowest BCUT2D eigenvalue weighted by atomic mass is 10.1. The third-order valence-corrected chi connectivity index (χ3v) is 5.69. The smallest absolute Gasteiger partial charge is 0.251 e. The molecule has 1 aromatic heterocycles. The van der Waals surface area contributed by atoms with E-state index in [2.05, 4.69) is 22.3 Å². The summed E-state index contributed by atoms with van der Waals surface area (Å²) in [4.78, 5) is 27.5. The van der Waals surface area contributed by atoms with E-state index in [-0.39, 0.29) is 12.5 Å². The van der Waals surface area contributed by atoms with Gasteiger partial charge >= 0.3 is 0 Å². The molecule has 0 atom stereocenters. The third-order valence-electron chi connectivity index (χ3n) is 4.48. The van der Waals surface area contributed by atoms with E-state index < -0.39 is 5.91 Å². The van der Waals surface area contributed by atoms with E-state index in [4.69, 9.17) is 5.73 Å². The first-order valence-corrected chi connectivity index (χ1v) is 9.40. The maximum Gasteiger partial charge on any atom is 0.251 e. The molecule has 0 bridgehead atoms. The molecule has 0 aliphatic heterocycles. The molecule has 1 aliphatic carbocycles. The number of amides is 2. The fourth-order valence-corrected chi connectivity index (χ4v) is 4.55. The zero-order valence-corrected chi connectivity index (χ0v) is 15.2. The van der Waals surface area contributed by atoms with E-state index in [1.807, 2.05) is 25.1 Å². The summed E-state index contributed by atoms with van der Waals surface area (Å²) in [6, 6.07) is 10.1. The van der Waals surface area contributed by atoms with Crippen LogP contribution in [-0.4, -0.2) is 29.8 Å². The van der Waals surface area contributed by atoms with Gasteiger partial charge in [-0.1, -0.05) is 37.3 Å². The van der Waals surface area contributed by atoms with Gasteiger partial charge in [-0.3, -0.25) is 14.5 Å². The minimum Gasteiger partial charge on any atom is -0.365 e. The summed E-state index contributed by atoms with van der Waals surface area (Å²) in [7, 11) is 0. The molecule has 0 unspecified atom stereocenters. The fraction of sp³-hybridized carbons (Fsp3) is 0.368. The largest absolute Gasteiger partial charge is 0.365 e. The number of carbonyl (C=O) groups excluding carboxylic acids is 2. The van der Waals surface area contributed by atoms with E-state index in [0.717, 1.165) is 31.4 Å². The van der Waals surface area contributed by atoms with Crippen molar-refractivity contribution < 1.29 is 9.59 Å². The van der Waals surface area contributed by atoms with Crippen LogP contribution in [0.25, 0.3) is 0 Å². The van der Waals surface area contributed by atoms with Crippen LogP contribution in [0, 0.1) is 0 Å². The summed E-state index contributed by atoms with van der Waals surface area (Å²) in [6.07, 6.45) is 2.89. The van der Waals surface area contributed by atoms with Gasteiger partial charge in [0, 0.05) is 11.4 Å². The number of likely N-dealkylation sites (N-methyl/N-ethyl adjacent to an activating group) is 1. The number of nitrogens with one attached hydrogen (secondary N) is 1. The highest BCUT2D eigenvalue weighted by atomic mass is 32.1. The summed E-state index contributed by atoms with van der Waals surface area (Å²) < 4.78 is 0. The van der Waals surface area contributed by atoms with Gasteiger partial charge < -0.3 is 11.1 Å². The molecule has 0 radical (unpaired) electrons. The number of primary amides is 1.